The second-order valence-electron chi connectivity index (χ2n) is 7.62. The Morgan fingerprint density at radius 1 is 1.07 bits per heavy atom. The maximum Gasteiger partial charge on any atom is 0.316 e. The van der Waals surface area contributed by atoms with Gasteiger partial charge in [-0.2, -0.15) is 0 Å². The first-order valence-corrected chi connectivity index (χ1v) is 10.1. The number of carbonyl (C=O) groups excluding carboxylic acids is 3. The van der Waals surface area contributed by atoms with Crippen molar-refractivity contribution in [3.63, 3.8) is 0 Å². The van der Waals surface area contributed by atoms with Gasteiger partial charge in [-0.1, -0.05) is 33.6 Å². The number of imide groups is 1. The molecule has 1 aliphatic heterocycles. The zero-order valence-electron chi connectivity index (χ0n) is 17.1. The molecule has 154 valence electrons. The van der Waals surface area contributed by atoms with Crippen LogP contribution < -0.4 is 10.2 Å². The minimum absolute atomic E-state index is 0.224. The zero-order chi connectivity index (χ0) is 20.5. The van der Waals surface area contributed by atoms with E-state index < -0.39 is 11.8 Å². The molecule has 0 unspecified atom stereocenters. The van der Waals surface area contributed by atoms with Gasteiger partial charge in [0, 0.05) is 44.5 Å². The first kappa shape index (κ1) is 21.8. The van der Waals surface area contributed by atoms with Crippen LogP contribution in [0.25, 0.3) is 0 Å². The van der Waals surface area contributed by atoms with Crippen LogP contribution in [0.15, 0.2) is 18.6 Å². The number of piperazine rings is 1. The number of hydrogen-bond donors (Lipinski definition) is 1. The van der Waals surface area contributed by atoms with Gasteiger partial charge in [-0.15, -0.1) is 0 Å². The van der Waals surface area contributed by atoms with E-state index in [0.29, 0.717) is 32.1 Å². The summed E-state index contributed by atoms with van der Waals surface area (Å²) in [6, 6.07) is 0. The van der Waals surface area contributed by atoms with Gasteiger partial charge in [-0.25, -0.2) is 4.98 Å². The summed E-state index contributed by atoms with van der Waals surface area (Å²) in [4.78, 5) is 49.0. The van der Waals surface area contributed by atoms with Gasteiger partial charge in [0.25, 0.3) is 0 Å². The number of nitrogens with one attached hydrogen (secondary N) is 1. The lowest BCUT2D eigenvalue weighted by Crippen LogP contribution is -2.54. The average molecular weight is 390 g/mol. The molecule has 0 spiro atoms. The molecule has 2 rings (SSSR count). The molecule has 1 saturated heterocycles. The van der Waals surface area contributed by atoms with E-state index in [1.165, 1.54) is 4.90 Å². The molecule has 1 aromatic rings. The molecule has 0 aliphatic carbocycles. The van der Waals surface area contributed by atoms with E-state index in [1.807, 2.05) is 11.8 Å². The number of carbonyl (C=O) groups is 3. The van der Waals surface area contributed by atoms with Crippen LogP contribution >= 0.6 is 0 Å². The fourth-order valence-electron chi connectivity index (χ4n) is 3.29. The molecular weight excluding hydrogens is 358 g/mol. The molecule has 8 heteroatoms. The van der Waals surface area contributed by atoms with Crippen LogP contribution in [-0.4, -0.2) is 58.8 Å². The van der Waals surface area contributed by atoms with Crippen LogP contribution in [0.1, 0.15) is 46.5 Å². The minimum atomic E-state index is -0.830. The molecule has 0 bridgehead atoms. The number of rotatable bonds is 7. The van der Waals surface area contributed by atoms with Crippen LogP contribution in [0.5, 0.6) is 0 Å². The molecule has 8 nitrogen and oxygen atoms in total. The summed E-state index contributed by atoms with van der Waals surface area (Å²) < 4.78 is 0. The van der Waals surface area contributed by atoms with Gasteiger partial charge in [0.2, 0.25) is 5.91 Å². The summed E-state index contributed by atoms with van der Waals surface area (Å²) in [5.74, 6) is -0.788. The Morgan fingerprint density at radius 2 is 1.79 bits per heavy atom. The molecule has 28 heavy (non-hydrogen) atoms. The summed E-state index contributed by atoms with van der Waals surface area (Å²) in [6.07, 6.45) is 8.14. The van der Waals surface area contributed by atoms with Gasteiger partial charge < -0.3 is 9.80 Å². The smallest absolute Gasteiger partial charge is 0.316 e. The van der Waals surface area contributed by atoms with Crippen molar-refractivity contribution in [2.45, 2.75) is 46.5 Å². The standard InChI is InChI=1S/C20H31N5O3/c1-4-5-16(7-6-15(2)3)18(26)23-19(27)20(28)25-12-10-24(11-13-25)17-14-21-8-9-22-17/h8-9,14-16H,4-7,10-13H2,1-3H3,(H,23,26,27)/t16-/m0/s1. The SMILES string of the molecule is CCC[C@@H](CCC(C)C)C(=O)NC(=O)C(=O)N1CCN(c2cnccn2)CC1. The summed E-state index contributed by atoms with van der Waals surface area (Å²) in [5.41, 5.74) is 0. The lowest BCUT2D eigenvalue weighted by atomic mass is 9.93. The van der Waals surface area contributed by atoms with Crippen LogP contribution in [0.2, 0.25) is 0 Å². The summed E-state index contributed by atoms with van der Waals surface area (Å²) >= 11 is 0. The number of nitrogens with zero attached hydrogens (tertiary/aromatic N) is 4. The molecule has 0 aromatic carbocycles. The van der Waals surface area contributed by atoms with E-state index in [0.717, 1.165) is 31.5 Å². The first-order valence-electron chi connectivity index (χ1n) is 10.1. The summed E-state index contributed by atoms with van der Waals surface area (Å²) in [6.45, 7) is 8.17. The third-order valence-electron chi connectivity index (χ3n) is 4.97. The van der Waals surface area contributed by atoms with E-state index in [-0.39, 0.29) is 11.8 Å². The maximum atomic E-state index is 12.5. The fourth-order valence-corrected chi connectivity index (χ4v) is 3.29. The summed E-state index contributed by atoms with van der Waals surface area (Å²) in [5, 5.41) is 2.32. The van der Waals surface area contributed by atoms with Crippen molar-refractivity contribution in [2.24, 2.45) is 11.8 Å². The average Bonchev–Trinajstić information content (AvgIpc) is 2.71. The Hall–Kier alpha value is -2.51. The highest BCUT2D eigenvalue weighted by atomic mass is 16.2. The van der Waals surface area contributed by atoms with Crippen molar-refractivity contribution < 1.29 is 14.4 Å². The molecule has 1 aliphatic rings. The predicted octanol–water partition coefficient (Wildman–Crippen LogP) is 1.62. The number of aromatic nitrogens is 2. The van der Waals surface area contributed by atoms with Gasteiger partial charge in [0.05, 0.1) is 6.20 Å². The topological polar surface area (TPSA) is 95.5 Å². The Morgan fingerprint density at radius 3 is 2.36 bits per heavy atom. The monoisotopic (exact) mass is 389 g/mol. The van der Waals surface area contributed by atoms with Gasteiger partial charge in [-0.3, -0.25) is 24.7 Å². The molecular formula is C20H31N5O3. The second kappa shape index (κ2) is 10.7. The maximum absolute atomic E-state index is 12.5. The summed E-state index contributed by atoms with van der Waals surface area (Å²) in [7, 11) is 0. The normalized spacial score (nSPS) is 15.4. The van der Waals surface area contributed by atoms with E-state index in [4.69, 9.17) is 0 Å². The number of amides is 3. The Bertz CT molecular complexity index is 657. The Labute approximate surface area is 166 Å². The molecule has 3 amide bonds. The van der Waals surface area contributed by atoms with E-state index in [9.17, 15) is 14.4 Å². The Balaban J connectivity index is 1.85. The third-order valence-corrected chi connectivity index (χ3v) is 4.97. The molecule has 2 heterocycles. The molecule has 1 aromatic heterocycles. The highest BCUT2D eigenvalue weighted by Crippen LogP contribution is 2.17. The van der Waals surface area contributed by atoms with Crippen LogP contribution in [0.3, 0.4) is 0 Å². The molecule has 0 radical (unpaired) electrons. The van der Waals surface area contributed by atoms with Gasteiger partial charge in [-0.05, 0) is 18.8 Å². The highest BCUT2D eigenvalue weighted by Gasteiger charge is 2.29. The van der Waals surface area contributed by atoms with Gasteiger partial charge >= 0.3 is 11.8 Å². The Kier molecular flexibility index (Phi) is 8.35. The first-order chi connectivity index (χ1) is 13.4. The lowest BCUT2D eigenvalue weighted by Gasteiger charge is -2.34. The second-order valence-corrected chi connectivity index (χ2v) is 7.62. The van der Waals surface area contributed by atoms with Crippen molar-refractivity contribution in [2.75, 3.05) is 31.1 Å². The van der Waals surface area contributed by atoms with Crippen molar-refractivity contribution in [3.05, 3.63) is 18.6 Å². The molecule has 0 saturated carbocycles. The molecule has 1 N–H and O–H groups in total. The van der Waals surface area contributed by atoms with Gasteiger partial charge in [0.1, 0.15) is 5.82 Å². The number of hydrogen-bond acceptors (Lipinski definition) is 6. The van der Waals surface area contributed by atoms with Gasteiger partial charge in [0.15, 0.2) is 0 Å². The predicted molar refractivity (Wildman–Crippen MR) is 106 cm³/mol. The van der Waals surface area contributed by atoms with E-state index in [2.05, 4.69) is 29.1 Å². The minimum Gasteiger partial charge on any atom is -0.352 e. The van der Waals surface area contributed by atoms with Crippen LogP contribution in [0.4, 0.5) is 5.82 Å². The van der Waals surface area contributed by atoms with Crippen molar-refractivity contribution in [1.82, 2.24) is 20.2 Å². The van der Waals surface area contributed by atoms with Crippen molar-refractivity contribution >= 4 is 23.5 Å². The van der Waals surface area contributed by atoms with Crippen LogP contribution in [-0.2, 0) is 14.4 Å². The lowest BCUT2D eigenvalue weighted by molar-refractivity contribution is -0.148. The highest BCUT2D eigenvalue weighted by molar-refractivity contribution is 6.37. The fraction of sp³-hybridized carbons (Fsp3) is 0.650. The third kappa shape index (κ3) is 6.28. The molecule has 1 fully saturated rings. The number of anilines is 1. The quantitative estimate of drug-likeness (QED) is 0.712. The van der Waals surface area contributed by atoms with Crippen molar-refractivity contribution in [3.8, 4) is 0 Å². The largest absolute Gasteiger partial charge is 0.352 e. The van der Waals surface area contributed by atoms with Crippen LogP contribution in [0, 0.1) is 11.8 Å². The van der Waals surface area contributed by atoms with Crippen molar-refractivity contribution in [1.29, 1.82) is 0 Å². The zero-order valence-corrected chi connectivity index (χ0v) is 17.1. The van der Waals surface area contributed by atoms with E-state index in [1.54, 1.807) is 18.6 Å². The van der Waals surface area contributed by atoms with E-state index >= 15 is 0 Å². The molecule has 1 atom stereocenters.